The Bertz CT molecular complexity index is 1130. The van der Waals surface area contributed by atoms with Gasteiger partial charge in [0.25, 0.3) is 5.91 Å². The van der Waals surface area contributed by atoms with Crippen LogP contribution in [0.3, 0.4) is 0 Å². The number of nitrogens with one attached hydrogen (secondary N) is 1. The van der Waals surface area contributed by atoms with Crippen molar-refractivity contribution in [3.8, 4) is 0 Å². The van der Waals surface area contributed by atoms with Gasteiger partial charge in [-0.1, -0.05) is 35.9 Å². The van der Waals surface area contributed by atoms with Crippen LogP contribution >= 0.6 is 11.6 Å². The highest BCUT2D eigenvalue weighted by Gasteiger charge is 2.25. The number of benzene rings is 2. The standard InChI is InChI=1S/C24H23ClFN3O3/c25-18-6-4-15(5-7-18)21(30)13-22(31)28-19-8-10-29(11-9-19)24(32)17-12-16-2-1-3-20(26)23(16)27-14-17/h1-7,12,14,19,21,30H,8-11,13H2,(H,28,31). The molecule has 0 aliphatic carbocycles. The number of rotatable bonds is 5. The van der Waals surface area contributed by atoms with Gasteiger partial charge >= 0.3 is 0 Å². The lowest BCUT2D eigenvalue weighted by Gasteiger charge is -2.32. The lowest BCUT2D eigenvalue weighted by atomic mass is 10.0. The van der Waals surface area contributed by atoms with Crippen LogP contribution in [0.5, 0.6) is 0 Å². The van der Waals surface area contributed by atoms with Gasteiger partial charge in [0, 0.05) is 35.7 Å². The molecule has 1 aliphatic heterocycles. The number of hydrogen-bond acceptors (Lipinski definition) is 4. The molecule has 32 heavy (non-hydrogen) atoms. The molecule has 0 spiro atoms. The zero-order valence-corrected chi connectivity index (χ0v) is 18.1. The Morgan fingerprint density at radius 3 is 2.62 bits per heavy atom. The summed E-state index contributed by atoms with van der Waals surface area (Å²) in [4.78, 5) is 31.0. The first-order valence-corrected chi connectivity index (χ1v) is 10.8. The largest absolute Gasteiger partial charge is 0.388 e. The van der Waals surface area contributed by atoms with Gasteiger partial charge < -0.3 is 15.3 Å². The van der Waals surface area contributed by atoms with Crippen LogP contribution in [-0.2, 0) is 4.79 Å². The maximum Gasteiger partial charge on any atom is 0.255 e. The zero-order valence-electron chi connectivity index (χ0n) is 17.3. The Labute approximate surface area is 190 Å². The minimum absolute atomic E-state index is 0.0416. The van der Waals surface area contributed by atoms with E-state index < -0.39 is 11.9 Å². The number of carbonyl (C=O) groups is 2. The first kappa shape index (κ1) is 22.2. The van der Waals surface area contributed by atoms with Crippen LogP contribution in [0.15, 0.2) is 54.7 Å². The van der Waals surface area contributed by atoms with E-state index in [0.717, 1.165) is 0 Å². The number of aliphatic hydroxyl groups excluding tert-OH is 1. The molecule has 2 heterocycles. The molecule has 3 aromatic rings. The van der Waals surface area contributed by atoms with Gasteiger partial charge in [-0.05, 0) is 42.7 Å². The molecule has 1 saturated heterocycles. The number of aromatic nitrogens is 1. The number of halogens is 2. The molecule has 1 unspecified atom stereocenters. The SMILES string of the molecule is O=C(CC(O)c1ccc(Cl)cc1)NC1CCN(C(=O)c2cnc3c(F)cccc3c2)CC1. The second-order valence-corrected chi connectivity index (χ2v) is 8.38. The van der Waals surface area contributed by atoms with Gasteiger partial charge in [0.05, 0.1) is 18.1 Å². The van der Waals surface area contributed by atoms with Gasteiger partial charge in [0.2, 0.25) is 5.91 Å². The van der Waals surface area contributed by atoms with E-state index in [9.17, 15) is 19.1 Å². The van der Waals surface area contributed by atoms with Crippen LogP contribution in [0.25, 0.3) is 10.9 Å². The number of fused-ring (bicyclic) bond motifs is 1. The zero-order chi connectivity index (χ0) is 22.7. The molecule has 166 valence electrons. The molecule has 1 fully saturated rings. The van der Waals surface area contributed by atoms with Crippen molar-refractivity contribution < 1.29 is 19.1 Å². The normalized spacial score (nSPS) is 15.5. The molecule has 2 N–H and O–H groups in total. The number of piperidine rings is 1. The summed E-state index contributed by atoms with van der Waals surface area (Å²) in [5, 5.41) is 14.4. The van der Waals surface area contributed by atoms with Crippen LogP contribution in [0.2, 0.25) is 5.02 Å². The van der Waals surface area contributed by atoms with E-state index in [1.165, 1.54) is 12.3 Å². The third kappa shape index (κ3) is 5.06. The Balaban J connectivity index is 1.29. The lowest BCUT2D eigenvalue weighted by Crippen LogP contribution is -2.46. The summed E-state index contributed by atoms with van der Waals surface area (Å²) in [5.41, 5.74) is 1.29. The highest BCUT2D eigenvalue weighted by molar-refractivity contribution is 6.30. The van der Waals surface area contributed by atoms with Crippen molar-refractivity contribution in [2.75, 3.05) is 13.1 Å². The Hall–Kier alpha value is -3.03. The summed E-state index contributed by atoms with van der Waals surface area (Å²) in [7, 11) is 0. The molecule has 4 rings (SSSR count). The molecule has 1 aliphatic rings. The van der Waals surface area contributed by atoms with Crippen LogP contribution in [0.4, 0.5) is 4.39 Å². The molecule has 1 aromatic heterocycles. The lowest BCUT2D eigenvalue weighted by molar-refractivity contribution is -0.124. The third-order valence-corrected chi connectivity index (χ3v) is 5.94. The summed E-state index contributed by atoms with van der Waals surface area (Å²) in [6, 6.07) is 13.0. The Morgan fingerprint density at radius 1 is 1.19 bits per heavy atom. The number of hydrogen-bond donors (Lipinski definition) is 2. The second kappa shape index (κ2) is 9.63. The number of carbonyl (C=O) groups excluding carboxylic acids is 2. The Kier molecular flexibility index (Phi) is 6.67. The number of amides is 2. The van der Waals surface area contributed by atoms with Crippen molar-refractivity contribution in [2.45, 2.75) is 31.4 Å². The third-order valence-electron chi connectivity index (χ3n) is 5.69. The smallest absolute Gasteiger partial charge is 0.255 e. The van der Waals surface area contributed by atoms with Crippen molar-refractivity contribution in [3.63, 3.8) is 0 Å². The molecule has 0 saturated carbocycles. The molecule has 1 atom stereocenters. The predicted molar refractivity (Wildman–Crippen MR) is 120 cm³/mol. The van der Waals surface area contributed by atoms with Crippen molar-refractivity contribution in [3.05, 3.63) is 76.7 Å². The second-order valence-electron chi connectivity index (χ2n) is 7.94. The monoisotopic (exact) mass is 455 g/mol. The van der Waals surface area contributed by atoms with Crippen molar-refractivity contribution in [1.29, 1.82) is 0 Å². The molecule has 8 heteroatoms. The van der Waals surface area contributed by atoms with E-state index in [4.69, 9.17) is 11.6 Å². The van der Waals surface area contributed by atoms with Gasteiger partial charge in [-0.2, -0.15) is 0 Å². The average Bonchev–Trinajstić information content (AvgIpc) is 2.79. The van der Waals surface area contributed by atoms with Crippen molar-refractivity contribution in [1.82, 2.24) is 15.2 Å². The van der Waals surface area contributed by atoms with Gasteiger partial charge in [-0.15, -0.1) is 0 Å². The van der Waals surface area contributed by atoms with E-state index in [1.54, 1.807) is 47.4 Å². The minimum atomic E-state index is -0.904. The highest BCUT2D eigenvalue weighted by Crippen LogP contribution is 2.21. The number of pyridine rings is 1. The van der Waals surface area contributed by atoms with Crippen molar-refractivity contribution in [2.24, 2.45) is 0 Å². The van der Waals surface area contributed by atoms with Crippen LogP contribution in [0.1, 0.15) is 41.3 Å². The fourth-order valence-electron chi connectivity index (χ4n) is 3.92. The fraction of sp³-hybridized carbons (Fsp3) is 0.292. The van der Waals surface area contributed by atoms with Crippen LogP contribution < -0.4 is 5.32 Å². The quantitative estimate of drug-likeness (QED) is 0.611. The first-order chi connectivity index (χ1) is 15.4. The van der Waals surface area contributed by atoms with Gasteiger partial charge in [-0.3, -0.25) is 14.6 Å². The fourth-order valence-corrected chi connectivity index (χ4v) is 4.04. The summed E-state index contributed by atoms with van der Waals surface area (Å²) >= 11 is 5.85. The number of nitrogens with zero attached hydrogens (tertiary/aromatic N) is 2. The average molecular weight is 456 g/mol. The van der Waals surface area contributed by atoms with E-state index in [1.807, 2.05) is 0 Å². The molecule has 0 bridgehead atoms. The Morgan fingerprint density at radius 2 is 1.91 bits per heavy atom. The molecule has 2 amide bonds. The summed E-state index contributed by atoms with van der Waals surface area (Å²) < 4.78 is 13.8. The maximum atomic E-state index is 13.8. The van der Waals surface area contributed by atoms with Crippen LogP contribution in [-0.4, -0.2) is 45.9 Å². The molecule has 2 aromatic carbocycles. The van der Waals surface area contributed by atoms with Crippen LogP contribution in [0, 0.1) is 5.82 Å². The molecular formula is C24H23ClFN3O3. The molecule has 6 nitrogen and oxygen atoms in total. The van der Waals surface area contributed by atoms with Crippen molar-refractivity contribution >= 4 is 34.3 Å². The maximum absolute atomic E-state index is 13.8. The number of para-hydroxylation sites is 1. The summed E-state index contributed by atoms with van der Waals surface area (Å²) in [6.45, 7) is 0.982. The first-order valence-electron chi connectivity index (χ1n) is 10.5. The van der Waals surface area contributed by atoms with E-state index in [2.05, 4.69) is 10.3 Å². The molecule has 0 radical (unpaired) electrons. The predicted octanol–water partition coefficient (Wildman–Crippen LogP) is 3.87. The van der Waals surface area contributed by atoms with Gasteiger partial charge in [0.1, 0.15) is 11.3 Å². The van der Waals surface area contributed by atoms with E-state index in [-0.39, 0.29) is 29.8 Å². The van der Waals surface area contributed by atoms with E-state index in [0.29, 0.717) is 47.5 Å². The number of likely N-dealkylation sites (tertiary alicyclic amines) is 1. The number of aliphatic hydroxyl groups is 1. The summed E-state index contributed by atoms with van der Waals surface area (Å²) in [5.74, 6) is -0.816. The summed E-state index contributed by atoms with van der Waals surface area (Å²) in [6.07, 6.45) is 1.69. The topological polar surface area (TPSA) is 82.5 Å². The highest BCUT2D eigenvalue weighted by atomic mass is 35.5. The van der Waals surface area contributed by atoms with Gasteiger partial charge in [0.15, 0.2) is 0 Å². The minimum Gasteiger partial charge on any atom is -0.388 e. The molecular weight excluding hydrogens is 433 g/mol. The van der Waals surface area contributed by atoms with Gasteiger partial charge in [-0.25, -0.2) is 4.39 Å². The van der Waals surface area contributed by atoms with E-state index >= 15 is 0 Å².